The van der Waals surface area contributed by atoms with Crippen molar-refractivity contribution in [2.75, 3.05) is 13.1 Å². The van der Waals surface area contributed by atoms with Gasteiger partial charge in [-0.2, -0.15) is 0 Å². The fraction of sp³-hybridized carbons (Fsp3) is 0.241. The Morgan fingerprint density at radius 1 is 0.811 bits per heavy atom. The molecule has 37 heavy (non-hydrogen) atoms. The van der Waals surface area contributed by atoms with Gasteiger partial charge in [0.25, 0.3) is 0 Å². The topological polar surface area (TPSA) is 98.1 Å². The molecule has 194 valence electrons. The van der Waals surface area contributed by atoms with Gasteiger partial charge in [-0.1, -0.05) is 54.6 Å². The summed E-state index contributed by atoms with van der Waals surface area (Å²) in [6, 6.07) is 22.4. The van der Waals surface area contributed by atoms with Crippen molar-refractivity contribution in [1.29, 1.82) is 0 Å². The van der Waals surface area contributed by atoms with Crippen molar-refractivity contribution in [3.8, 4) is 0 Å². The van der Waals surface area contributed by atoms with Crippen LogP contribution in [0, 0.1) is 17.6 Å². The SMILES string of the molecule is O=C(O)/C=C/C(=O)O.OC(c1cccc(F)c1)(c1cccc(F)c1)C1CCN(Cc2ccccc2)CC1. The van der Waals surface area contributed by atoms with Gasteiger partial charge < -0.3 is 15.3 Å². The van der Waals surface area contributed by atoms with Crippen molar-refractivity contribution < 1.29 is 33.7 Å². The molecule has 3 aromatic rings. The van der Waals surface area contributed by atoms with Crippen LogP contribution in [0.25, 0.3) is 0 Å². The molecule has 1 saturated heterocycles. The number of nitrogens with zero attached hydrogens (tertiary/aromatic N) is 1. The minimum Gasteiger partial charge on any atom is -0.478 e. The average molecular weight is 510 g/mol. The third kappa shape index (κ3) is 7.80. The molecule has 0 radical (unpaired) electrons. The van der Waals surface area contributed by atoms with Crippen molar-refractivity contribution in [3.63, 3.8) is 0 Å². The van der Waals surface area contributed by atoms with E-state index in [4.69, 9.17) is 10.2 Å². The largest absolute Gasteiger partial charge is 0.478 e. The molecular weight excluding hydrogens is 480 g/mol. The molecule has 0 aromatic heterocycles. The Labute approximate surface area is 214 Å². The van der Waals surface area contributed by atoms with Gasteiger partial charge in [-0.15, -0.1) is 0 Å². The van der Waals surface area contributed by atoms with Crippen LogP contribution in [0.5, 0.6) is 0 Å². The maximum atomic E-state index is 14.0. The Bertz CT molecular complexity index is 1160. The van der Waals surface area contributed by atoms with E-state index in [1.807, 2.05) is 18.2 Å². The van der Waals surface area contributed by atoms with E-state index in [-0.39, 0.29) is 5.92 Å². The highest BCUT2D eigenvalue weighted by molar-refractivity contribution is 5.89. The number of halogens is 2. The predicted molar refractivity (Wildman–Crippen MR) is 135 cm³/mol. The van der Waals surface area contributed by atoms with Gasteiger partial charge >= 0.3 is 11.9 Å². The first-order valence-corrected chi connectivity index (χ1v) is 11.8. The Morgan fingerprint density at radius 3 is 1.73 bits per heavy atom. The lowest BCUT2D eigenvalue weighted by molar-refractivity contribution is -0.134. The van der Waals surface area contributed by atoms with E-state index < -0.39 is 29.2 Å². The number of aliphatic carboxylic acids is 2. The highest BCUT2D eigenvalue weighted by Crippen LogP contribution is 2.42. The molecule has 1 fully saturated rings. The van der Waals surface area contributed by atoms with Crippen LogP contribution in [0.1, 0.15) is 29.5 Å². The first-order chi connectivity index (χ1) is 17.7. The molecule has 0 bridgehead atoms. The van der Waals surface area contributed by atoms with Crippen LogP contribution in [-0.4, -0.2) is 45.2 Å². The number of benzene rings is 3. The van der Waals surface area contributed by atoms with Crippen molar-refractivity contribution in [3.05, 3.63) is 119 Å². The Balaban J connectivity index is 0.000000414. The Kier molecular flexibility index (Phi) is 9.65. The number of hydrogen-bond acceptors (Lipinski definition) is 4. The van der Waals surface area contributed by atoms with E-state index in [0.29, 0.717) is 23.3 Å². The predicted octanol–water partition coefficient (Wildman–Crippen LogP) is 4.82. The van der Waals surface area contributed by atoms with Gasteiger partial charge in [0.2, 0.25) is 0 Å². The van der Waals surface area contributed by atoms with Crippen LogP contribution >= 0.6 is 0 Å². The van der Waals surface area contributed by atoms with Gasteiger partial charge in [-0.3, -0.25) is 4.90 Å². The quantitative estimate of drug-likeness (QED) is 0.395. The second-order valence-corrected chi connectivity index (χ2v) is 8.83. The van der Waals surface area contributed by atoms with Crippen molar-refractivity contribution >= 4 is 11.9 Å². The number of piperidine rings is 1. The smallest absolute Gasteiger partial charge is 0.328 e. The molecule has 1 heterocycles. The second-order valence-electron chi connectivity index (χ2n) is 8.83. The summed E-state index contributed by atoms with van der Waals surface area (Å²) >= 11 is 0. The molecule has 0 aliphatic carbocycles. The molecule has 1 aliphatic heterocycles. The molecule has 3 N–H and O–H groups in total. The van der Waals surface area contributed by atoms with Crippen molar-refractivity contribution in [1.82, 2.24) is 4.90 Å². The molecule has 0 spiro atoms. The molecule has 8 heteroatoms. The number of carbonyl (C=O) groups is 2. The van der Waals surface area contributed by atoms with E-state index in [0.717, 1.165) is 32.5 Å². The normalized spacial score (nSPS) is 14.7. The molecular formula is C29H29F2NO5. The molecule has 3 aromatic carbocycles. The maximum absolute atomic E-state index is 14.0. The summed E-state index contributed by atoms with van der Waals surface area (Å²) in [5.41, 5.74) is 0.786. The van der Waals surface area contributed by atoms with E-state index in [2.05, 4.69) is 17.0 Å². The number of carboxylic acid groups (broad SMARTS) is 2. The van der Waals surface area contributed by atoms with Crippen LogP contribution in [0.3, 0.4) is 0 Å². The number of likely N-dealkylation sites (tertiary alicyclic amines) is 1. The molecule has 0 amide bonds. The first-order valence-electron chi connectivity index (χ1n) is 11.8. The summed E-state index contributed by atoms with van der Waals surface area (Å²) in [6.45, 7) is 2.52. The van der Waals surface area contributed by atoms with Gasteiger partial charge in [-0.05, 0) is 72.8 Å². The monoisotopic (exact) mass is 509 g/mol. The zero-order valence-electron chi connectivity index (χ0n) is 20.1. The van der Waals surface area contributed by atoms with Gasteiger partial charge in [0, 0.05) is 18.7 Å². The lowest BCUT2D eigenvalue weighted by Crippen LogP contribution is -2.44. The van der Waals surface area contributed by atoms with E-state index in [1.165, 1.54) is 29.8 Å². The third-order valence-electron chi connectivity index (χ3n) is 6.33. The lowest BCUT2D eigenvalue weighted by atomic mass is 9.72. The average Bonchev–Trinajstić information content (AvgIpc) is 2.88. The van der Waals surface area contributed by atoms with Crippen LogP contribution in [0.2, 0.25) is 0 Å². The van der Waals surface area contributed by atoms with Crippen molar-refractivity contribution in [2.45, 2.75) is 25.0 Å². The summed E-state index contributed by atoms with van der Waals surface area (Å²) in [5, 5.41) is 27.5. The highest BCUT2D eigenvalue weighted by atomic mass is 19.1. The first kappa shape index (κ1) is 27.7. The van der Waals surface area contributed by atoms with Crippen LogP contribution in [0.15, 0.2) is 91.0 Å². The van der Waals surface area contributed by atoms with E-state index in [1.54, 1.807) is 24.3 Å². The minimum absolute atomic E-state index is 0.127. The molecule has 6 nitrogen and oxygen atoms in total. The zero-order valence-corrected chi connectivity index (χ0v) is 20.1. The molecule has 0 saturated carbocycles. The summed E-state index contributed by atoms with van der Waals surface area (Å²) in [4.78, 5) is 21.5. The van der Waals surface area contributed by atoms with E-state index >= 15 is 0 Å². The van der Waals surface area contributed by atoms with Crippen molar-refractivity contribution in [2.24, 2.45) is 5.92 Å². The molecule has 4 rings (SSSR count). The maximum Gasteiger partial charge on any atom is 0.328 e. The number of aliphatic hydroxyl groups is 1. The summed E-state index contributed by atoms with van der Waals surface area (Å²) in [6.07, 6.45) is 2.61. The van der Waals surface area contributed by atoms with Gasteiger partial charge in [0.05, 0.1) is 0 Å². The van der Waals surface area contributed by atoms with Crippen LogP contribution in [-0.2, 0) is 21.7 Å². The van der Waals surface area contributed by atoms with Crippen LogP contribution in [0.4, 0.5) is 8.78 Å². The Morgan fingerprint density at radius 2 is 1.30 bits per heavy atom. The van der Waals surface area contributed by atoms with Gasteiger partial charge in [0.1, 0.15) is 17.2 Å². The molecule has 0 unspecified atom stereocenters. The minimum atomic E-state index is -1.43. The lowest BCUT2D eigenvalue weighted by Gasteiger charge is -2.42. The number of rotatable bonds is 7. The summed E-state index contributed by atoms with van der Waals surface area (Å²) < 4.78 is 27.9. The highest BCUT2D eigenvalue weighted by Gasteiger charge is 2.42. The summed E-state index contributed by atoms with van der Waals surface area (Å²) in [5.74, 6) is -3.45. The third-order valence-corrected chi connectivity index (χ3v) is 6.33. The second kappa shape index (κ2) is 12.9. The fourth-order valence-corrected chi connectivity index (χ4v) is 4.58. The molecule has 1 aliphatic rings. The van der Waals surface area contributed by atoms with Gasteiger partial charge in [0.15, 0.2) is 0 Å². The Hall–Kier alpha value is -3.88. The number of hydrogen-bond donors (Lipinski definition) is 3. The number of carboxylic acids is 2. The van der Waals surface area contributed by atoms with Crippen LogP contribution < -0.4 is 0 Å². The van der Waals surface area contributed by atoms with Gasteiger partial charge in [-0.25, -0.2) is 18.4 Å². The summed E-state index contributed by atoms with van der Waals surface area (Å²) in [7, 11) is 0. The zero-order chi connectivity index (χ0) is 26.8. The molecule has 0 atom stereocenters. The fourth-order valence-electron chi connectivity index (χ4n) is 4.58. The van der Waals surface area contributed by atoms with E-state index in [9.17, 15) is 23.5 Å². The standard InChI is InChI=1S/C25H25F2NO.C4H4O4/c26-23-10-4-8-21(16-23)25(29,22-9-5-11-24(27)17-22)20-12-14-28(15-13-20)18-19-6-2-1-3-7-19;5-3(6)1-2-4(7)8/h1-11,16-17,20,29H,12-15,18H2;1-2H,(H,5,6)(H,7,8)/b;2-1+.